The number of hydrogen-bond acceptors (Lipinski definition) is 4. The minimum atomic E-state index is -0.202. The van der Waals surface area contributed by atoms with Crippen LogP contribution in [0, 0.1) is 5.92 Å². The SMILES string of the molecule is NC1=NN(c2ccccc2)C=CC1C(=S)NCc1ccc(Cl)cc1. The van der Waals surface area contributed by atoms with Crippen molar-refractivity contribution < 1.29 is 0 Å². The van der Waals surface area contributed by atoms with Gasteiger partial charge >= 0.3 is 0 Å². The number of hydrogen-bond donors (Lipinski definition) is 2. The molecule has 0 saturated heterocycles. The lowest BCUT2D eigenvalue weighted by molar-refractivity contribution is 0.880. The molecule has 1 aliphatic heterocycles. The largest absolute Gasteiger partial charge is 0.385 e. The minimum Gasteiger partial charge on any atom is -0.385 e. The molecular weight excluding hydrogens is 340 g/mol. The molecule has 1 unspecified atom stereocenters. The Morgan fingerprint density at radius 1 is 1.17 bits per heavy atom. The van der Waals surface area contributed by atoms with Crippen molar-refractivity contribution in [2.45, 2.75) is 6.54 Å². The highest BCUT2D eigenvalue weighted by atomic mass is 35.5. The highest BCUT2D eigenvalue weighted by molar-refractivity contribution is 7.80. The number of nitrogens with two attached hydrogens (primary N) is 1. The molecule has 24 heavy (non-hydrogen) atoms. The molecule has 122 valence electrons. The smallest absolute Gasteiger partial charge is 0.134 e. The highest BCUT2D eigenvalue weighted by Gasteiger charge is 2.21. The lowest BCUT2D eigenvalue weighted by Gasteiger charge is -2.24. The van der Waals surface area contributed by atoms with Crippen molar-refractivity contribution in [3.63, 3.8) is 0 Å². The van der Waals surface area contributed by atoms with Crippen molar-refractivity contribution in [3.05, 3.63) is 77.5 Å². The quantitative estimate of drug-likeness (QED) is 0.820. The van der Waals surface area contributed by atoms with Crippen molar-refractivity contribution in [2.75, 3.05) is 5.01 Å². The molecule has 2 aromatic rings. The van der Waals surface area contributed by atoms with Crippen molar-refractivity contribution in [1.29, 1.82) is 0 Å². The summed E-state index contributed by atoms with van der Waals surface area (Å²) in [4.78, 5) is 0.648. The molecule has 0 saturated carbocycles. The van der Waals surface area contributed by atoms with Crippen molar-refractivity contribution >= 4 is 40.3 Å². The van der Waals surface area contributed by atoms with Crippen LogP contribution in [-0.4, -0.2) is 10.8 Å². The van der Waals surface area contributed by atoms with Gasteiger partial charge in [-0.2, -0.15) is 5.10 Å². The summed E-state index contributed by atoms with van der Waals surface area (Å²) in [6.45, 7) is 0.621. The number of nitrogens with zero attached hydrogens (tertiary/aromatic N) is 2. The van der Waals surface area contributed by atoms with Crippen LogP contribution in [0.15, 0.2) is 72.0 Å². The zero-order chi connectivity index (χ0) is 16.9. The van der Waals surface area contributed by atoms with Crippen molar-refractivity contribution in [1.82, 2.24) is 5.32 Å². The molecule has 0 spiro atoms. The van der Waals surface area contributed by atoms with E-state index in [0.29, 0.717) is 22.4 Å². The number of halogens is 1. The first-order valence-electron chi connectivity index (χ1n) is 7.52. The topological polar surface area (TPSA) is 53.6 Å². The number of rotatable bonds is 4. The van der Waals surface area contributed by atoms with E-state index in [-0.39, 0.29) is 5.92 Å². The zero-order valence-electron chi connectivity index (χ0n) is 12.9. The van der Waals surface area contributed by atoms with Crippen LogP contribution < -0.4 is 16.1 Å². The fourth-order valence-corrected chi connectivity index (χ4v) is 2.73. The van der Waals surface area contributed by atoms with Gasteiger partial charge in [-0.05, 0) is 35.9 Å². The molecule has 6 heteroatoms. The van der Waals surface area contributed by atoms with Gasteiger partial charge in [0.25, 0.3) is 0 Å². The third-order valence-electron chi connectivity index (χ3n) is 3.64. The lowest BCUT2D eigenvalue weighted by atomic mass is 10.1. The van der Waals surface area contributed by atoms with E-state index < -0.39 is 0 Å². The van der Waals surface area contributed by atoms with Crippen LogP contribution in [0.25, 0.3) is 0 Å². The van der Waals surface area contributed by atoms with Crippen LogP contribution in [0.5, 0.6) is 0 Å². The molecule has 0 fully saturated rings. The van der Waals surface area contributed by atoms with Gasteiger partial charge in [-0.1, -0.05) is 54.2 Å². The summed E-state index contributed by atoms with van der Waals surface area (Å²) in [7, 11) is 0. The van der Waals surface area contributed by atoms with E-state index in [1.165, 1.54) is 0 Å². The summed E-state index contributed by atoms with van der Waals surface area (Å²) in [5.74, 6) is 0.266. The second kappa shape index (κ2) is 7.47. The Hall–Kier alpha value is -2.37. The van der Waals surface area contributed by atoms with E-state index in [1.54, 1.807) is 5.01 Å². The Balaban J connectivity index is 1.62. The third-order valence-corrected chi connectivity index (χ3v) is 4.30. The average molecular weight is 357 g/mol. The Bertz CT molecular complexity index is 771. The van der Waals surface area contributed by atoms with Crippen LogP contribution in [0.3, 0.4) is 0 Å². The number of hydrazone groups is 1. The lowest BCUT2D eigenvalue weighted by Crippen LogP contribution is -2.39. The van der Waals surface area contributed by atoms with Crippen LogP contribution in [0.4, 0.5) is 5.69 Å². The van der Waals surface area contributed by atoms with Gasteiger partial charge in [-0.3, -0.25) is 0 Å². The molecule has 0 aromatic heterocycles. The normalized spacial score (nSPS) is 16.6. The molecule has 0 amide bonds. The van der Waals surface area contributed by atoms with E-state index in [9.17, 15) is 0 Å². The van der Waals surface area contributed by atoms with Crippen LogP contribution in [0.2, 0.25) is 5.02 Å². The molecule has 3 N–H and O–H groups in total. The van der Waals surface area contributed by atoms with Gasteiger partial charge < -0.3 is 11.1 Å². The van der Waals surface area contributed by atoms with Gasteiger partial charge in [0, 0.05) is 17.8 Å². The summed E-state index contributed by atoms with van der Waals surface area (Å²) >= 11 is 11.4. The molecule has 0 aliphatic carbocycles. The second-order valence-electron chi connectivity index (χ2n) is 5.37. The van der Waals surface area contributed by atoms with Gasteiger partial charge in [-0.15, -0.1) is 0 Å². The second-order valence-corrected chi connectivity index (χ2v) is 6.24. The number of para-hydroxylation sites is 1. The number of benzene rings is 2. The van der Waals surface area contributed by atoms with E-state index in [0.717, 1.165) is 11.3 Å². The maximum absolute atomic E-state index is 6.11. The zero-order valence-corrected chi connectivity index (χ0v) is 14.5. The Morgan fingerprint density at radius 3 is 2.54 bits per heavy atom. The first-order valence-corrected chi connectivity index (χ1v) is 8.31. The summed E-state index contributed by atoms with van der Waals surface area (Å²) in [6.07, 6.45) is 3.83. The van der Waals surface area contributed by atoms with Gasteiger partial charge in [0.2, 0.25) is 0 Å². The van der Waals surface area contributed by atoms with E-state index >= 15 is 0 Å². The number of anilines is 1. The maximum Gasteiger partial charge on any atom is 0.134 e. The number of nitrogens with one attached hydrogen (secondary N) is 1. The first-order chi connectivity index (χ1) is 11.6. The Kier molecular flexibility index (Phi) is 5.13. The molecule has 2 aromatic carbocycles. The molecule has 1 heterocycles. The van der Waals surface area contributed by atoms with E-state index in [4.69, 9.17) is 29.6 Å². The Morgan fingerprint density at radius 2 is 1.88 bits per heavy atom. The van der Waals surface area contributed by atoms with Gasteiger partial charge in [0.1, 0.15) is 5.84 Å². The predicted molar refractivity (Wildman–Crippen MR) is 104 cm³/mol. The van der Waals surface area contributed by atoms with Gasteiger partial charge in [-0.25, -0.2) is 5.01 Å². The van der Waals surface area contributed by atoms with Crippen LogP contribution in [0.1, 0.15) is 5.56 Å². The first kappa shape index (κ1) is 16.5. The summed E-state index contributed by atoms with van der Waals surface area (Å²) < 4.78 is 0. The van der Waals surface area contributed by atoms with Gasteiger partial charge in [0.05, 0.1) is 16.6 Å². The van der Waals surface area contributed by atoms with E-state index in [2.05, 4.69) is 10.4 Å². The summed E-state index contributed by atoms with van der Waals surface area (Å²) in [6, 6.07) is 17.5. The van der Waals surface area contributed by atoms with Crippen molar-refractivity contribution in [2.24, 2.45) is 16.8 Å². The molecular formula is C18H17ClN4S. The minimum absolute atomic E-state index is 0.202. The summed E-state index contributed by atoms with van der Waals surface area (Å²) in [5.41, 5.74) is 8.16. The van der Waals surface area contributed by atoms with Crippen molar-refractivity contribution in [3.8, 4) is 0 Å². The number of amidine groups is 1. The fraction of sp³-hybridized carbons (Fsp3) is 0.111. The summed E-state index contributed by atoms with van der Waals surface area (Å²) in [5, 5.41) is 10.1. The van der Waals surface area contributed by atoms with E-state index in [1.807, 2.05) is 66.9 Å². The Labute approximate surface area is 151 Å². The monoisotopic (exact) mass is 356 g/mol. The molecule has 3 rings (SSSR count). The maximum atomic E-state index is 6.11. The molecule has 4 nitrogen and oxygen atoms in total. The molecule has 0 radical (unpaired) electrons. The molecule has 0 bridgehead atoms. The molecule has 1 atom stereocenters. The number of thiocarbonyl (C=S) groups is 1. The van der Waals surface area contributed by atoms with Crippen LogP contribution in [-0.2, 0) is 6.54 Å². The fourth-order valence-electron chi connectivity index (χ4n) is 2.33. The predicted octanol–water partition coefficient (Wildman–Crippen LogP) is 3.68. The van der Waals surface area contributed by atoms with Gasteiger partial charge in [0.15, 0.2) is 0 Å². The van der Waals surface area contributed by atoms with Crippen LogP contribution >= 0.6 is 23.8 Å². The highest BCUT2D eigenvalue weighted by Crippen LogP contribution is 2.19. The third kappa shape index (κ3) is 3.93. The average Bonchev–Trinajstić information content (AvgIpc) is 2.61. The molecule has 1 aliphatic rings. The standard InChI is InChI=1S/C18H17ClN4S/c19-14-8-6-13(7-9-14)12-21-18(24)16-10-11-23(22-17(16)20)15-4-2-1-3-5-15/h1-11,16H,12H2,(H2,20,22)(H,21,24).